The minimum atomic E-state index is -4.52. The second-order valence-electron chi connectivity index (χ2n) is 5.01. The second kappa shape index (κ2) is 5.31. The molecule has 2 rings (SSSR count). The molecular formula is C16H16F3NO. The topological polar surface area (TPSA) is 35.2 Å². The molecule has 2 aromatic rings. The molecule has 0 spiro atoms. The van der Waals surface area contributed by atoms with Crippen LogP contribution in [0.5, 0.6) is 11.5 Å². The Morgan fingerprint density at radius 3 is 2.19 bits per heavy atom. The van der Waals surface area contributed by atoms with Gasteiger partial charge >= 0.3 is 6.18 Å². The molecule has 0 unspecified atom stereocenters. The van der Waals surface area contributed by atoms with Gasteiger partial charge in [-0.2, -0.15) is 13.2 Å². The predicted molar refractivity (Wildman–Crippen MR) is 76.6 cm³/mol. The van der Waals surface area contributed by atoms with Gasteiger partial charge in [-0.3, -0.25) is 0 Å². The summed E-state index contributed by atoms with van der Waals surface area (Å²) < 4.78 is 44.8. The first kappa shape index (κ1) is 15.2. The van der Waals surface area contributed by atoms with Crippen molar-refractivity contribution in [2.24, 2.45) is 0 Å². The van der Waals surface area contributed by atoms with E-state index in [1.165, 1.54) is 12.1 Å². The van der Waals surface area contributed by atoms with E-state index in [0.29, 0.717) is 5.75 Å². The fourth-order valence-corrected chi connectivity index (χ4v) is 2.05. The van der Waals surface area contributed by atoms with Gasteiger partial charge in [0.05, 0.1) is 0 Å². The van der Waals surface area contributed by atoms with Crippen LogP contribution in [0, 0.1) is 20.8 Å². The van der Waals surface area contributed by atoms with Crippen molar-refractivity contribution >= 4 is 5.69 Å². The molecule has 0 aromatic heterocycles. The fourth-order valence-electron chi connectivity index (χ4n) is 2.05. The summed E-state index contributed by atoms with van der Waals surface area (Å²) in [6, 6.07) is 7.26. The number of aryl methyl sites for hydroxylation is 2. The number of rotatable bonds is 2. The SMILES string of the molecule is Cc1ccc(C)c(Oc2ccc(N)cc2C(F)(F)F)c1C. The molecule has 21 heavy (non-hydrogen) atoms. The Bertz CT molecular complexity index is 678. The molecule has 0 heterocycles. The lowest BCUT2D eigenvalue weighted by Gasteiger charge is -2.17. The number of alkyl halides is 3. The third kappa shape index (κ3) is 3.12. The maximum atomic E-state index is 13.1. The van der Waals surface area contributed by atoms with Crippen LogP contribution in [-0.4, -0.2) is 0 Å². The molecule has 0 aliphatic carbocycles. The van der Waals surface area contributed by atoms with E-state index in [-0.39, 0.29) is 11.4 Å². The molecule has 0 saturated carbocycles. The van der Waals surface area contributed by atoms with Crippen LogP contribution >= 0.6 is 0 Å². The van der Waals surface area contributed by atoms with Crippen molar-refractivity contribution in [3.8, 4) is 11.5 Å². The summed E-state index contributed by atoms with van der Waals surface area (Å²) in [5, 5.41) is 0. The summed E-state index contributed by atoms with van der Waals surface area (Å²) in [6.07, 6.45) is -4.52. The molecule has 0 atom stereocenters. The lowest BCUT2D eigenvalue weighted by atomic mass is 10.1. The first-order chi connectivity index (χ1) is 9.70. The molecule has 5 heteroatoms. The molecule has 2 N–H and O–H groups in total. The zero-order chi connectivity index (χ0) is 15.8. The lowest BCUT2D eigenvalue weighted by Crippen LogP contribution is -2.08. The number of hydrogen-bond acceptors (Lipinski definition) is 2. The molecular weight excluding hydrogens is 279 g/mol. The van der Waals surface area contributed by atoms with Crippen molar-refractivity contribution < 1.29 is 17.9 Å². The Morgan fingerprint density at radius 1 is 0.952 bits per heavy atom. The highest BCUT2D eigenvalue weighted by Crippen LogP contribution is 2.40. The average molecular weight is 295 g/mol. The summed E-state index contributed by atoms with van der Waals surface area (Å²) in [6.45, 7) is 5.50. The van der Waals surface area contributed by atoms with Gasteiger partial charge < -0.3 is 10.5 Å². The van der Waals surface area contributed by atoms with Crippen LogP contribution in [0.2, 0.25) is 0 Å². The van der Waals surface area contributed by atoms with Crippen LogP contribution in [-0.2, 0) is 6.18 Å². The fraction of sp³-hybridized carbons (Fsp3) is 0.250. The van der Waals surface area contributed by atoms with Crippen molar-refractivity contribution in [3.63, 3.8) is 0 Å². The zero-order valence-corrected chi connectivity index (χ0v) is 12.0. The van der Waals surface area contributed by atoms with Gasteiger partial charge in [0.25, 0.3) is 0 Å². The van der Waals surface area contributed by atoms with Gasteiger partial charge in [0.1, 0.15) is 17.1 Å². The van der Waals surface area contributed by atoms with Gasteiger partial charge in [0, 0.05) is 5.69 Å². The van der Waals surface area contributed by atoms with Gasteiger partial charge in [0.15, 0.2) is 0 Å². The number of halogens is 3. The van der Waals surface area contributed by atoms with Crippen LogP contribution < -0.4 is 10.5 Å². The smallest absolute Gasteiger partial charge is 0.420 e. The standard InChI is InChI=1S/C16H16F3NO/c1-9-4-5-10(2)15(11(9)3)21-14-7-6-12(20)8-13(14)16(17,18)19/h4-8H,20H2,1-3H3. The highest BCUT2D eigenvalue weighted by Gasteiger charge is 2.35. The number of hydrogen-bond donors (Lipinski definition) is 1. The van der Waals surface area contributed by atoms with Gasteiger partial charge in [-0.1, -0.05) is 12.1 Å². The molecule has 0 aliphatic rings. The predicted octanol–water partition coefficient (Wildman–Crippen LogP) is 5.01. The van der Waals surface area contributed by atoms with E-state index in [1.54, 1.807) is 6.92 Å². The Kier molecular flexibility index (Phi) is 3.85. The molecule has 2 nitrogen and oxygen atoms in total. The minimum Gasteiger partial charge on any atom is -0.456 e. The molecule has 0 fully saturated rings. The lowest BCUT2D eigenvalue weighted by molar-refractivity contribution is -0.138. The second-order valence-corrected chi connectivity index (χ2v) is 5.01. The molecule has 2 aromatic carbocycles. The van der Waals surface area contributed by atoms with E-state index in [1.807, 2.05) is 26.0 Å². The summed E-state index contributed by atoms with van der Waals surface area (Å²) in [4.78, 5) is 0. The summed E-state index contributed by atoms with van der Waals surface area (Å²) in [7, 11) is 0. The average Bonchev–Trinajstić information content (AvgIpc) is 2.39. The molecule has 0 saturated heterocycles. The number of ether oxygens (including phenoxy) is 1. The highest BCUT2D eigenvalue weighted by atomic mass is 19.4. The Morgan fingerprint density at radius 2 is 1.57 bits per heavy atom. The van der Waals surface area contributed by atoms with E-state index >= 15 is 0 Å². The van der Waals surface area contributed by atoms with Gasteiger partial charge in [0.2, 0.25) is 0 Å². The first-order valence-corrected chi connectivity index (χ1v) is 6.41. The number of anilines is 1. The highest BCUT2D eigenvalue weighted by molar-refractivity contribution is 5.53. The Labute approximate surface area is 121 Å². The molecule has 0 aliphatic heterocycles. The van der Waals surface area contributed by atoms with Crippen molar-refractivity contribution in [3.05, 3.63) is 52.6 Å². The largest absolute Gasteiger partial charge is 0.456 e. The maximum Gasteiger partial charge on any atom is 0.420 e. The summed E-state index contributed by atoms with van der Waals surface area (Å²) in [5.41, 5.74) is 7.18. The third-order valence-corrected chi connectivity index (χ3v) is 3.39. The summed E-state index contributed by atoms with van der Waals surface area (Å²) in [5.74, 6) is 0.207. The normalized spacial score (nSPS) is 11.5. The van der Waals surface area contributed by atoms with Crippen molar-refractivity contribution in [1.29, 1.82) is 0 Å². The Balaban J connectivity index is 2.53. The van der Waals surface area contributed by atoms with E-state index in [4.69, 9.17) is 10.5 Å². The van der Waals surface area contributed by atoms with E-state index < -0.39 is 11.7 Å². The van der Waals surface area contributed by atoms with E-state index in [0.717, 1.165) is 22.8 Å². The number of nitrogens with two attached hydrogens (primary N) is 1. The summed E-state index contributed by atoms with van der Waals surface area (Å²) >= 11 is 0. The quantitative estimate of drug-likeness (QED) is 0.791. The molecule has 0 radical (unpaired) electrons. The zero-order valence-electron chi connectivity index (χ0n) is 12.0. The van der Waals surface area contributed by atoms with Crippen LogP contribution in [0.4, 0.5) is 18.9 Å². The molecule has 112 valence electrons. The monoisotopic (exact) mass is 295 g/mol. The number of nitrogen functional groups attached to an aromatic ring is 1. The maximum absolute atomic E-state index is 13.1. The van der Waals surface area contributed by atoms with Gasteiger partial charge in [-0.05, 0) is 55.7 Å². The van der Waals surface area contributed by atoms with Crippen LogP contribution in [0.25, 0.3) is 0 Å². The van der Waals surface area contributed by atoms with Crippen molar-refractivity contribution in [2.45, 2.75) is 26.9 Å². The number of benzene rings is 2. The van der Waals surface area contributed by atoms with Crippen molar-refractivity contribution in [2.75, 3.05) is 5.73 Å². The minimum absolute atomic E-state index is 0.0485. The van der Waals surface area contributed by atoms with E-state index in [9.17, 15) is 13.2 Å². The van der Waals surface area contributed by atoms with E-state index in [2.05, 4.69) is 0 Å². The molecule has 0 bridgehead atoms. The van der Waals surface area contributed by atoms with Gasteiger partial charge in [-0.25, -0.2) is 0 Å². The molecule has 0 amide bonds. The van der Waals surface area contributed by atoms with Crippen LogP contribution in [0.1, 0.15) is 22.3 Å². The third-order valence-electron chi connectivity index (χ3n) is 3.39. The van der Waals surface area contributed by atoms with Crippen molar-refractivity contribution in [1.82, 2.24) is 0 Å². The Hall–Kier alpha value is -2.17. The van der Waals surface area contributed by atoms with Gasteiger partial charge in [-0.15, -0.1) is 0 Å². The van der Waals surface area contributed by atoms with Crippen LogP contribution in [0.3, 0.4) is 0 Å². The first-order valence-electron chi connectivity index (χ1n) is 6.41. The van der Waals surface area contributed by atoms with Crippen LogP contribution in [0.15, 0.2) is 30.3 Å².